The van der Waals surface area contributed by atoms with E-state index in [4.69, 9.17) is 9.47 Å². The lowest BCUT2D eigenvalue weighted by atomic mass is 10.1. The lowest BCUT2D eigenvalue weighted by molar-refractivity contribution is 0.00732. The van der Waals surface area contributed by atoms with Crippen molar-refractivity contribution in [1.82, 2.24) is 5.32 Å². The molecular formula is C14H21NO3. The smallest absolute Gasteiger partial charge is 0.122 e. The topological polar surface area (TPSA) is 50.7 Å². The third kappa shape index (κ3) is 3.70. The molecule has 18 heavy (non-hydrogen) atoms. The molecule has 0 aromatic heterocycles. The second-order valence-electron chi connectivity index (χ2n) is 4.60. The van der Waals surface area contributed by atoms with E-state index in [2.05, 4.69) is 5.32 Å². The third-order valence-electron chi connectivity index (χ3n) is 3.06. The van der Waals surface area contributed by atoms with Crippen molar-refractivity contribution in [3.63, 3.8) is 0 Å². The van der Waals surface area contributed by atoms with Gasteiger partial charge in [0.1, 0.15) is 11.9 Å². The molecule has 0 spiro atoms. The predicted molar refractivity (Wildman–Crippen MR) is 69.8 cm³/mol. The monoisotopic (exact) mass is 251 g/mol. The Morgan fingerprint density at radius 3 is 3.17 bits per heavy atom. The molecule has 2 N–H and O–H groups in total. The summed E-state index contributed by atoms with van der Waals surface area (Å²) < 4.78 is 11.3. The van der Waals surface area contributed by atoms with E-state index in [1.54, 1.807) is 0 Å². The van der Waals surface area contributed by atoms with E-state index in [1.807, 2.05) is 31.3 Å². The van der Waals surface area contributed by atoms with Crippen LogP contribution in [0.5, 0.6) is 5.75 Å². The van der Waals surface area contributed by atoms with E-state index in [-0.39, 0.29) is 6.10 Å². The highest BCUT2D eigenvalue weighted by atomic mass is 16.5. The van der Waals surface area contributed by atoms with Crippen molar-refractivity contribution in [3.05, 3.63) is 29.8 Å². The van der Waals surface area contributed by atoms with Gasteiger partial charge in [-0.25, -0.2) is 0 Å². The maximum absolute atomic E-state index is 9.91. The SMILES string of the molecule is CNCC(O)c1cccc(OC2CCCOC2)c1. The molecule has 100 valence electrons. The van der Waals surface area contributed by atoms with Gasteiger partial charge in [-0.05, 0) is 37.6 Å². The van der Waals surface area contributed by atoms with E-state index in [9.17, 15) is 5.11 Å². The molecule has 1 aromatic rings. The molecule has 0 aliphatic carbocycles. The highest BCUT2D eigenvalue weighted by Crippen LogP contribution is 2.21. The molecule has 4 nitrogen and oxygen atoms in total. The van der Waals surface area contributed by atoms with Crippen molar-refractivity contribution in [2.75, 3.05) is 26.8 Å². The lowest BCUT2D eigenvalue weighted by Crippen LogP contribution is -2.28. The first-order valence-corrected chi connectivity index (χ1v) is 6.46. The van der Waals surface area contributed by atoms with Crippen LogP contribution in [0.4, 0.5) is 0 Å². The number of aliphatic hydroxyl groups is 1. The van der Waals surface area contributed by atoms with Crippen LogP contribution in [-0.4, -0.2) is 38.0 Å². The quantitative estimate of drug-likeness (QED) is 0.832. The molecule has 1 aromatic carbocycles. The minimum Gasteiger partial charge on any atom is -0.488 e. The van der Waals surface area contributed by atoms with E-state index in [0.29, 0.717) is 13.2 Å². The molecule has 1 aliphatic rings. The Balaban J connectivity index is 1.97. The largest absolute Gasteiger partial charge is 0.488 e. The van der Waals surface area contributed by atoms with Gasteiger partial charge < -0.3 is 19.9 Å². The summed E-state index contributed by atoms with van der Waals surface area (Å²) in [5.74, 6) is 0.804. The number of likely N-dealkylation sites (N-methyl/N-ethyl adjacent to an activating group) is 1. The molecule has 0 radical (unpaired) electrons. The molecule has 0 saturated carbocycles. The Morgan fingerprint density at radius 1 is 1.56 bits per heavy atom. The van der Waals surface area contributed by atoms with E-state index in [1.165, 1.54) is 0 Å². The number of rotatable bonds is 5. The van der Waals surface area contributed by atoms with Gasteiger partial charge in [-0.15, -0.1) is 0 Å². The highest BCUT2D eigenvalue weighted by molar-refractivity contribution is 5.30. The van der Waals surface area contributed by atoms with Gasteiger partial charge >= 0.3 is 0 Å². The fourth-order valence-electron chi connectivity index (χ4n) is 2.10. The van der Waals surface area contributed by atoms with Crippen molar-refractivity contribution in [1.29, 1.82) is 0 Å². The summed E-state index contributed by atoms with van der Waals surface area (Å²) in [7, 11) is 1.82. The molecule has 4 heteroatoms. The summed E-state index contributed by atoms with van der Waals surface area (Å²) in [6.07, 6.45) is 1.72. The maximum atomic E-state index is 9.91. The van der Waals surface area contributed by atoms with Gasteiger partial charge in [-0.3, -0.25) is 0 Å². The fraction of sp³-hybridized carbons (Fsp3) is 0.571. The van der Waals surface area contributed by atoms with Gasteiger partial charge in [-0.1, -0.05) is 12.1 Å². The maximum Gasteiger partial charge on any atom is 0.122 e. The second-order valence-corrected chi connectivity index (χ2v) is 4.60. The van der Waals surface area contributed by atoms with E-state index >= 15 is 0 Å². The van der Waals surface area contributed by atoms with Gasteiger partial charge in [0.15, 0.2) is 0 Å². The number of benzene rings is 1. The van der Waals surface area contributed by atoms with Crippen molar-refractivity contribution in [2.24, 2.45) is 0 Å². The molecular weight excluding hydrogens is 230 g/mol. The van der Waals surface area contributed by atoms with Crippen LogP contribution in [-0.2, 0) is 4.74 Å². The van der Waals surface area contributed by atoms with Crippen molar-refractivity contribution in [2.45, 2.75) is 25.0 Å². The molecule has 1 fully saturated rings. The summed E-state index contributed by atoms with van der Waals surface area (Å²) in [4.78, 5) is 0. The van der Waals surface area contributed by atoms with Crippen molar-refractivity contribution < 1.29 is 14.6 Å². The number of hydrogen-bond donors (Lipinski definition) is 2. The molecule has 1 heterocycles. The van der Waals surface area contributed by atoms with Gasteiger partial charge in [0.2, 0.25) is 0 Å². The summed E-state index contributed by atoms with van der Waals surface area (Å²) in [5.41, 5.74) is 0.874. The van der Waals surface area contributed by atoms with Crippen LogP contribution in [0.15, 0.2) is 24.3 Å². The van der Waals surface area contributed by atoms with Gasteiger partial charge in [0, 0.05) is 13.2 Å². The van der Waals surface area contributed by atoms with Crippen LogP contribution in [0.2, 0.25) is 0 Å². The third-order valence-corrected chi connectivity index (χ3v) is 3.06. The zero-order valence-corrected chi connectivity index (χ0v) is 10.8. The summed E-state index contributed by atoms with van der Waals surface area (Å²) in [5, 5.41) is 12.9. The molecule has 2 unspecified atom stereocenters. The normalized spacial score (nSPS) is 21.6. The number of ether oxygens (including phenoxy) is 2. The van der Waals surface area contributed by atoms with Gasteiger partial charge in [0.25, 0.3) is 0 Å². The summed E-state index contributed by atoms with van der Waals surface area (Å²) >= 11 is 0. The molecule has 2 atom stereocenters. The standard InChI is InChI=1S/C14H21NO3/c1-15-9-14(16)11-4-2-5-12(8-11)18-13-6-3-7-17-10-13/h2,4-5,8,13-16H,3,6-7,9-10H2,1H3. The first-order valence-electron chi connectivity index (χ1n) is 6.46. The summed E-state index contributed by atoms with van der Waals surface area (Å²) in [6, 6.07) is 7.64. The number of hydrogen-bond acceptors (Lipinski definition) is 4. The Hall–Kier alpha value is -1.10. The van der Waals surface area contributed by atoms with Crippen LogP contribution in [0.1, 0.15) is 24.5 Å². The van der Waals surface area contributed by atoms with Crippen LogP contribution in [0.3, 0.4) is 0 Å². The molecule has 0 bridgehead atoms. The fourth-order valence-corrected chi connectivity index (χ4v) is 2.10. The number of aliphatic hydroxyl groups excluding tert-OH is 1. The van der Waals surface area contributed by atoms with Crippen LogP contribution < -0.4 is 10.1 Å². The molecule has 2 rings (SSSR count). The lowest BCUT2D eigenvalue weighted by Gasteiger charge is -2.23. The summed E-state index contributed by atoms with van der Waals surface area (Å²) in [6.45, 7) is 2.03. The molecule has 1 aliphatic heterocycles. The van der Waals surface area contributed by atoms with E-state index in [0.717, 1.165) is 30.8 Å². The Labute approximate surface area is 108 Å². The average Bonchev–Trinajstić information content (AvgIpc) is 2.40. The Morgan fingerprint density at radius 2 is 2.44 bits per heavy atom. The molecule has 1 saturated heterocycles. The highest BCUT2D eigenvalue weighted by Gasteiger charge is 2.16. The van der Waals surface area contributed by atoms with Crippen molar-refractivity contribution in [3.8, 4) is 5.75 Å². The first-order chi connectivity index (χ1) is 8.79. The van der Waals surface area contributed by atoms with E-state index < -0.39 is 6.10 Å². The average molecular weight is 251 g/mol. The Kier molecular flexibility index (Phi) is 4.99. The second kappa shape index (κ2) is 6.73. The minimum absolute atomic E-state index is 0.135. The first kappa shape index (κ1) is 13.3. The predicted octanol–water partition coefficient (Wildman–Crippen LogP) is 1.50. The van der Waals surface area contributed by atoms with Crippen LogP contribution in [0.25, 0.3) is 0 Å². The Bertz CT molecular complexity index is 364. The van der Waals surface area contributed by atoms with Gasteiger partial charge in [0.05, 0.1) is 12.7 Å². The minimum atomic E-state index is -0.499. The van der Waals surface area contributed by atoms with Crippen LogP contribution >= 0.6 is 0 Å². The molecule has 0 amide bonds. The zero-order valence-electron chi connectivity index (χ0n) is 10.8. The van der Waals surface area contributed by atoms with Crippen LogP contribution in [0, 0.1) is 0 Å². The van der Waals surface area contributed by atoms with Gasteiger partial charge in [-0.2, -0.15) is 0 Å². The zero-order chi connectivity index (χ0) is 12.8. The van der Waals surface area contributed by atoms with Crippen molar-refractivity contribution >= 4 is 0 Å². The number of nitrogens with one attached hydrogen (secondary N) is 1.